The van der Waals surface area contributed by atoms with Crippen LogP contribution in [0.1, 0.15) is 17.3 Å². The Balaban J connectivity index is 1.53. The molecule has 2 amide bonds. The van der Waals surface area contributed by atoms with Gasteiger partial charge in [-0.3, -0.25) is 20.4 Å². The zero-order valence-corrected chi connectivity index (χ0v) is 14.0. The number of hydrazine groups is 1. The van der Waals surface area contributed by atoms with Gasteiger partial charge in [0.05, 0.1) is 0 Å². The Hall–Kier alpha value is -3.29. The molecule has 8 heteroatoms. The summed E-state index contributed by atoms with van der Waals surface area (Å²) < 4.78 is 29.0. The van der Waals surface area contributed by atoms with Gasteiger partial charge in [0, 0.05) is 5.56 Å². The molecule has 1 aliphatic rings. The molecular weight excluding hydrogens is 343 g/mol. The first kappa shape index (κ1) is 17.5. The van der Waals surface area contributed by atoms with E-state index in [4.69, 9.17) is 14.2 Å². The number of rotatable bonds is 4. The Morgan fingerprint density at radius 2 is 1.73 bits per heavy atom. The predicted molar refractivity (Wildman–Crippen MR) is 89.5 cm³/mol. The van der Waals surface area contributed by atoms with Gasteiger partial charge in [0.25, 0.3) is 11.8 Å². The molecule has 1 atom stereocenters. The highest BCUT2D eigenvalue weighted by Gasteiger charge is 2.18. The molecule has 1 aliphatic heterocycles. The number of benzene rings is 2. The number of hydrogen-bond acceptors (Lipinski definition) is 5. The molecule has 26 heavy (non-hydrogen) atoms. The summed E-state index contributed by atoms with van der Waals surface area (Å²) in [4.78, 5) is 24.2. The van der Waals surface area contributed by atoms with Gasteiger partial charge in [-0.15, -0.1) is 0 Å². The third kappa shape index (κ3) is 4.21. The number of hydrogen-bond donors (Lipinski definition) is 2. The van der Waals surface area contributed by atoms with Crippen LogP contribution in [0, 0.1) is 5.82 Å². The molecule has 1 heterocycles. The fourth-order valence-corrected chi connectivity index (χ4v) is 2.25. The third-order valence-corrected chi connectivity index (χ3v) is 3.60. The van der Waals surface area contributed by atoms with Crippen LogP contribution in [0.25, 0.3) is 0 Å². The Labute approximate surface area is 149 Å². The van der Waals surface area contributed by atoms with Crippen molar-refractivity contribution in [3.63, 3.8) is 0 Å². The van der Waals surface area contributed by atoms with Gasteiger partial charge in [-0.2, -0.15) is 0 Å². The van der Waals surface area contributed by atoms with Crippen molar-refractivity contribution < 1.29 is 28.2 Å². The number of carbonyl (C=O) groups excluding carboxylic acids is 2. The van der Waals surface area contributed by atoms with Crippen LogP contribution < -0.4 is 25.1 Å². The second kappa shape index (κ2) is 7.73. The van der Waals surface area contributed by atoms with Crippen molar-refractivity contribution in [3.05, 3.63) is 53.8 Å². The topological polar surface area (TPSA) is 85.9 Å². The first-order chi connectivity index (χ1) is 12.5. The van der Waals surface area contributed by atoms with Crippen molar-refractivity contribution in [2.75, 3.05) is 13.2 Å². The zero-order chi connectivity index (χ0) is 18.5. The number of fused-ring (bicyclic) bond motifs is 1. The number of ether oxygens (including phenoxy) is 3. The lowest BCUT2D eigenvalue weighted by Gasteiger charge is -2.19. The van der Waals surface area contributed by atoms with E-state index < -0.39 is 23.7 Å². The van der Waals surface area contributed by atoms with Crippen molar-refractivity contribution in [3.8, 4) is 17.2 Å². The molecular formula is C18H17FN2O5. The summed E-state index contributed by atoms with van der Waals surface area (Å²) in [6.07, 6.45) is -0.888. The van der Waals surface area contributed by atoms with Gasteiger partial charge in [0.2, 0.25) is 0 Å². The monoisotopic (exact) mass is 360 g/mol. The summed E-state index contributed by atoms with van der Waals surface area (Å²) in [7, 11) is 0. The summed E-state index contributed by atoms with van der Waals surface area (Å²) in [5.74, 6) is -0.0840. The molecule has 0 fully saturated rings. The molecule has 0 saturated heterocycles. The molecule has 0 bridgehead atoms. The van der Waals surface area contributed by atoms with E-state index in [1.807, 2.05) is 0 Å². The van der Waals surface area contributed by atoms with Crippen LogP contribution in [-0.2, 0) is 4.79 Å². The molecule has 2 aromatic rings. The van der Waals surface area contributed by atoms with E-state index in [-0.39, 0.29) is 0 Å². The van der Waals surface area contributed by atoms with Crippen LogP contribution in [0.3, 0.4) is 0 Å². The average Bonchev–Trinajstić information content (AvgIpc) is 2.67. The highest BCUT2D eigenvalue weighted by molar-refractivity contribution is 5.96. The molecule has 0 radical (unpaired) electrons. The van der Waals surface area contributed by atoms with E-state index in [0.29, 0.717) is 36.0 Å². The second-order valence-electron chi connectivity index (χ2n) is 5.52. The molecule has 136 valence electrons. The van der Waals surface area contributed by atoms with Crippen LogP contribution >= 0.6 is 0 Å². The van der Waals surface area contributed by atoms with Crippen LogP contribution in [0.4, 0.5) is 4.39 Å². The first-order valence-electron chi connectivity index (χ1n) is 7.95. The van der Waals surface area contributed by atoms with Crippen molar-refractivity contribution >= 4 is 11.8 Å². The average molecular weight is 360 g/mol. The van der Waals surface area contributed by atoms with E-state index in [0.717, 1.165) is 0 Å². The minimum Gasteiger partial charge on any atom is -0.486 e. The summed E-state index contributed by atoms with van der Waals surface area (Å²) in [6, 6.07) is 10.0. The Kier molecular flexibility index (Phi) is 5.21. The van der Waals surface area contributed by atoms with E-state index in [1.54, 1.807) is 12.1 Å². The van der Waals surface area contributed by atoms with Gasteiger partial charge in [-0.1, -0.05) is 0 Å². The summed E-state index contributed by atoms with van der Waals surface area (Å²) in [6.45, 7) is 2.38. The maximum Gasteiger partial charge on any atom is 0.279 e. The fraction of sp³-hybridized carbons (Fsp3) is 0.222. The van der Waals surface area contributed by atoms with Gasteiger partial charge in [-0.05, 0) is 49.4 Å². The van der Waals surface area contributed by atoms with Crippen LogP contribution in [0.5, 0.6) is 17.2 Å². The van der Waals surface area contributed by atoms with E-state index in [1.165, 1.54) is 37.3 Å². The lowest BCUT2D eigenvalue weighted by molar-refractivity contribution is -0.128. The standard InChI is InChI=1S/C18H17FN2O5/c1-11(26-14-5-3-13(19)4-6-14)17(22)20-21-18(23)12-2-7-15-16(10-12)25-9-8-24-15/h2-7,10-11H,8-9H2,1H3,(H,20,22)(H,21,23)/t11-/m0/s1. The highest BCUT2D eigenvalue weighted by atomic mass is 19.1. The number of amides is 2. The summed E-state index contributed by atoms with van der Waals surface area (Å²) >= 11 is 0. The largest absolute Gasteiger partial charge is 0.486 e. The first-order valence-corrected chi connectivity index (χ1v) is 7.95. The van der Waals surface area contributed by atoms with Gasteiger partial charge in [-0.25, -0.2) is 4.39 Å². The van der Waals surface area contributed by atoms with Gasteiger partial charge >= 0.3 is 0 Å². The van der Waals surface area contributed by atoms with E-state index >= 15 is 0 Å². The molecule has 7 nitrogen and oxygen atoms in total. The minimum atomic E-state index is -0.888. The maximum absolute atomic E-state index is 12.9. The van der Waals surface area contributed by atoms with Crippen molar-refractivity contribution in [2.24, 2.45) is 0 Å². The lowest BCUT2D eigenvalue weighted by atomic mass is 10.2. The maximum atomic E-state index is 12.9. The molecule has 0 saturated carbocycles. The third-order valence-electron chi connectivity index (χ3n) is 3.60. The van der Waals surface area contributed by atoms with Gasteiger partial charge < -0.3 is 14.2 Å². The zero-order valence-electron chi connectivity index (χ0n) is 14.0. The Bertz CT molecular complexity index is 810. The molecule has 0 aromatic heterocycles. The molecule has 0 spiro atoms. The van der Waals surface area contributed by atoms with Crippen molar-refractivity contribution in [1.82, 2.24) is 10.9 Å². The smallest absolute Gasteiger partial charge is 0.279 e. The highest BCUT2D eigenvalue weighted by Crippen LogP contribution is 2.30. The Morgan fingerprint density at radius 3 is 2.46 bits per heavy atom. The molecule has 0 unspecified atom stereocenters. The fourth-order valence-electron chi connectivity index (χ4n) is 2.25. The quantitative estimate of drug-likeness (QED) is 0.813. The lowest BCUT2D eigenvalue weighted by Crippen LogP contribution is -2.47. The second-order valence-corrected chi connectivity index (χ2v) is 5.52. The van der Waals surface area contributed by atoms with Gasteiger partial charge in [0.15, 0.2) is 17.6 Å². The Morgan fingerprint density at radius 1 is 1.04 bits per heavy atom. The number of carbonyl (C=O) groups is 2. The minimum absolute atomic E-state index is 0.307. The van der Waals surface area contributed by atoms with Crippen molar-refractivity contribution in [2.45, 2.75) is 13.0 Å². The van der Waals surface area contributed by atoms with Crippen LogP contribution in [0.15, 0.2) is 42.5 Å². The molecule has 2 aromatic carbocycles. The number of halogens is 1. The van der Waals surface area contributed by atoms with Crippen LogP contribution in [-0.4, -0.2) is 31.1 Å². The van der Waals surface area contributed by atoms with Crippen LogP contribution in [0.2, 0.25) is 0 Å². The number of nitrogens with one attached hydrogen (secondary N) is 2. The molecule has 2 N–H and O–H groups in total. The SMILES string of the molecule is C[C@H](Oc1ccc(F)cc1)C(=O)NNC(=O)c1ccc2c(c1)OCCO2. The van der Waals surface area contributed by atoms with Gasteiger partial charge in [0.1, 0.15) is 24.8 Å². The molecule has 0 aliphatic carbocycles. The summed E-state index contributed by atoms with van der Waals surface area (Å²) in [5, 5.41) is 0. The summed E-state index contributed by atoms with van der Waals surface area (Å²) in [5.41, 5.74) is 4.90. The normalized spacial score (nSPS) is 13.5. The van der Waals surface area contributed by atoms with E-state index in [2.05, 4.69) is 10.9 Å². The van der Waals surface area contributed by atoms with E-state index in [9.17, 15) is 14.0 Å². The molecule has 3 rings (SSSR count). The van der Waals surface area contributed by atoms with Crippen molar-refractivity contribution in [1.29, 1.82) is 0 Å². The predicted octanol–water partition coefficient (Wildman–Crippen LogP) is 1.83.